The third kappa shape index (κ3) is 4.88. The number of benzene rings is 1. The molecule has 0 aromatic heterocycles. The number of carbonyl (C=O) groups is 1. The molecule has 2 rings (SSSR count). The van der Waals surface area contributed by atoms with Crippen LogP contribution >= 0.6 is 11.6 Å². The van der Waals surface area contributed by atoms with Crippen LogP contribution in [0.25, 0.3) is 0 Å². The lowest BCUT2D eigenvalue weighted by Gasteiger charge is -2.34. The third-order valence-electron chi connectivity index (χ3n) is 3.46. The summed E-state index contributed by atoms with van der Waals surface area (Å²) in [6.07, 6.45) is -0.385. The van der Waals surface area contributed by atoms with Gasteiger partial charge in [-0.1, -0.05) is 23.7 Å². The molecule has 1 saturated heterocycles. The summed E-state index contributed by atoms with van der Waals surface area (Å²) in [7, 11) is 0. The van der Waals surface area contributed by atoms with Gasteiger partial charge in [0, 0.05) is 24.7 Å². The Hall–Kier alpha value is -1.30. The van der Waals surface area contributed by atoms with E-state index in [2.05, 4.69) is 10.2 Å². The molecule has 0 radical (unpaired) electrons. The average Bonchev–Trinajstić information content (AvgIpc) is 2.50. The molecule has 1 N–H and O–H groups in total. The molecule has 6 heteroatoms. The molecule has 1 aliphatic rings. The van der Waals surface area contributed by atoms with Crippen molar-refractivity contribution in [3.8, 4) is 0 Å². The lowest BCUT2D eigenvalue weighted by molar-refractivity contribution is 0.0161. The molecule has 0 bridgehead atoms. The van der Waals surface area contributed by atoms with Crippen LogP contribution in [0.15, 0.2) is 24.3 Å². The van der Waals surface area contributed by atoms with Crippen molar-refractivity contribution in [1.29, 1.82) is 0 Å². The first kappa shape index (κ1) is 16.1. The van der Waals surface area contributed by atoms with Crippen molar-refractivity contribution in [2.24, 2.45) is 0 Å². The van der Waals surface area contributed by atoms with E-state index < -0.39 is 0 Å². The van der Waals surface area contributed by atoms with E-state index in [0.29, 0.717) is 31.4 Å². The quantitative estimate of drug-likeness (QED) is 0.907. The van der Waals surface area contributed by atoms with Crippen LogP contribution < -0.4 is 5.32 Å². The SMILES string of the molecule is CCOC(=O)NCC(c1ccc(Cl)cc1)N1CCOCC1. The van der Waals surface area contributed by atoms with Crippen molar-refractivity contribution in [3.63, 3.8) is 0 Å². The van der Waals surface area contributed by atoms with Crippen LogP contribution in [-0.2, 0) is 9.47 Å². The Kier molecular flexibility index (Phi) is 6.29. The third-order valence-corrected chi connectivity index (χ3v) is 3.71. The van der Waals surface area contributed by atoms with Crippen molar-refractivity contribution in [2.75, 3.05) is 39.5 Å². The molecule has 116 valence electrons. The fourth-order valence-electron chi connectivity index (χ4n) is 2.39. The fourth-order valence-corrected chi connectivity index (χ4v) is 2.52. The van der Waals surface area contributed by atoms with Crippen LogP contribution in [0.2, 0.25) is 5.02 Å². The second kappa shape index (κ2) is 8.22. The summed E-state index contributed by atoms with van der Waals surface area (Å²) in [5.41, 5.74) is 1.12. The number of carbonyl (C=O) groups excluding carboxylic acids is 1. The maximum Gasteiger partial charge on any atom is 0.407 e. The van der Waals surface area contributed by atoms with E-state index in [1.165, 1.54) is 0 Å². The first-order chi connectivity index (χ1) is 10.2. The molecule has 0 aliphatic carbocycles. The highest BCUT2D eigenvalue weighted by Crippen LogP contribution is 2.23. The lowest BCUT2D eigenvalue weighted by atomic mass is 10.0. The minimum atomic E-state index is -0.385. The zero-order chi connectivity index (χ0) is 15.1. The fraction of sp³-hybridized carbons (Fsp3) is 0.533. The van der Waals surface area contributed by atoms with Gasteiger partial charge in [0.25, 0.3) is 0 Å². The van der Waals surface area contributed by atoms with E-state index >= 15 is 0 Å². The Morgan fingerprint density at radius 1 is 1.38 bits per heavy atom. The van der Waals surface area contributed by atoms with Crippen molar-refractivity contribution < 1.29 is 14.3 Å². The van der Waals surface area contributed by atoms with Gasteiger partial charge in [-0.05, 0) is 24.6 Å². The molecule has 0 spiro atoms. The zero-order valence-corrected chi connectivity index (χ0v) is 12.9. The maximum absolute atomic E-state index is 11.5. The highest BCUT2D eigenvalue weighted by atomic mass is 35.5. The number of ether oxygens (including phenoxy) is 2. The largest absolute Gasteiger partial charge is 0.450 e. The molecule has 1 fully saturated rings. The Labute approximate surface area is 130 Å². The molecule has 1 aliphatic heterocycles. The summed E-state index contributed by atoms with van der Waals surface area (Å²) in [5, 5.41) is 3.52. The van der Waals surface area contributed by atoms with Gasteiger partial charge in [-0.3, -0.25) is 4.90 Å². The Morgan fingerprint density at radius 3 is 2.67 bits per heavy atom. The molecule has 1 aromatic carbocycles. The van der Waals surface area contributed by atoms with E-state index in [-0.39, 0.29) is 12.1 Å². The molecule has 1 amide bonds. The topological polar surface area (TPSA) is 50.8 Å². The van der Waals surface area contributed by atoms with Gasteiger partial charge >= 0.3 is 6.09 Å². The van der Waals surface area contributed by atoms with Gasteiger partial charge in [-0.2, -0.15) is 0 Å². The van der Waals surface area contributed by atoms with E-state index in [0.717, 1.165) is 18.7 Å². The van der Waals surface area contributed by atoms with Crippen LogP contribution in [0.1, 0.15) is 18.5 Å². The normalized spacial score (nSPS) is 17.2. The Morgan fingerprint density at radius 2 is 2.05 bits per heavy atom. The number of nitrogens with zero attached hydrogens (tertiary/aromatic N) is 1. The second-order valence-electron chi connectivity index (χ2n) is 4.82. The molecule has 1 atom stereocenters. The first-order valence-electron chi connectivity index (χ1n) is 7.18. The first-order valence-corrected chi connectivity index (χ1v) is 7.56. The maximum atomic E-state index is 11.5. The van der Waals surface area contributed by atoms with Crippen molar-refractivity contribution in [3.05, 3.63) is 34.9 Å². The van der Waals surface area contributed by atoms with Crippen LogP contribution in [0, 0.1) is 0 Å². The highest BCUT2D eigenvalue weighted by Gasteiger charge is 2.23. The lowest BCUT2D eigenvalue weighted by Crippen LogP contribution is -2.43. The van der Waals surface area contributed by atoms with Gasteiger partial charge in [-0.15, -0.1) is 0 Å². The number of hydrogen-bond donors (Lipinski definition) is 1. The number of hydrogen-bond acceptors (Lipinski definition) is 4. The van der Waals surface area contributed by atoms with Gasteiger partial charge in [-0.25, -0.2) is 4.79 Å². The van der Waals surface area contributed by atoms with Gasteiger partial charge in [0.1, 0.15) is 0 Å². The molecular weight excluding hydrogens is 292 g/mol. The number of nitrogens with one attached hydrogen (secondary N) is 1. The smallest absolute Gasteiger partial charge is 0.407 e. The average molecular weight is 313 g/mol. The molecule has 1 unspecified atom stereocenters. The van der Waals surface area contributed by atoms with Gasteiger partial charge < -0.3 is 14.8 Å². The van der Waals surface area contributed by atoms with Crippen LogP contribution in [0.3, 0.4) is 0 Å². The molecule has 1 heterocycles. The number of alkyl carbamates (subject to hydrolysis) is 1. The number of rotatable bonds is 5. The highest BCUT2D eigenvalue weighted by molar-refractivity contribution is 6.30. The number of amides is 1. The monoisotopic (exact) mass is 312 g/mol. The van der Waals surface area contributed by atoms with E-state index in [1.807, 2.05) is 24.3 Å². The van der Waals surface area contributed by atoms with Gasteiger partial charge in [0.2, 0.25) is 0 Å². The second-order valence-corrected chi connectivity index (χ2v) is 5.25. The summed E-state index contributed by atoms with van der Waals surface area (Å²) in [5.74, 6) is 0. The van der Waals surface area contributed by atoms with E-state index in [1.54, 1.807) is 6.92 Å². The molecular formula is C15H21ClN2O3. The molecule has 5 nitrogen and oxygen atoms in total. The van der Waals surface area contributed by atoms with E-state index in [9.17, 15) is 4.79 Å². The van der Waals surface area contributed by atoms with Crippen molar-refractivity contribution >= 4 is 17.7 Å². The van der Waals surface area contributed by atoms with Gasteiger partial charge in [0.15, 0.2) is 0 Å². The predicted octanol–water partition coefficient (Wildman–Crippen LogP) is 2.46. The number of halogens is 1. The Balaban J connectivity index is 2.05. The summed E-state index contributed by atoms with van der Waals surface area (Å²) >= 11 is 5.95. The molecule has 0 saturated carbocycles. The van der Waals surface area contributed by atoms with E-state index in [4.69, 9.17) is 21.1 Å². The van der Waals surface area contributed by atoms with Gasteiger partial charge in [0.05, 0.1) is 25.9 Å². The number of morpholine rings is 1. The Bertz CT molecular complexity index is 447. The minimum Gasteiger partial charge on any atom is -0.450 e. The predicted molar refractivity (Wildman–Crippen MR) is 81.6 cm³/mol. The minimum absolute atomic E-state index is 0.0931. The molecule has 1 aromatic rings. The van der Waals surface area contributed by atoms with Crippen LogP contribution in [0.4, 0.5) is 4.79 Å². The van der Waals surface area contributed by atoms with Crippen LogP contribution in [-0.4, -0.2) is 50.4 Å². The van der Waals surface area contributed by atoms with Crippen molar-refractivity contribution in [2.45, 2.75) is 13.0 Å². The summed E-state index contributed by atoms with van der Waals surface area (Å²) in [6, 6.07) is 7.82. The van der Waals surface area contributed by atoms with Crippen LogP contribution in [0.5, 0.6) is 0 Å². The standard InChI is InChI=1S/C15H21ClN2O3/c1-2-21-15(19)17-11-14(18-7-9-20-10-8-18)12-3-5-13(16)6-4-12/h3-6,14H,2,7-11H2,1H3,(H,17,19). The summed E-state index contributed by atoms with van der Waals surface area (Å²) in [4.78, 5) is 13.8. The summed E-state index contributed by atoms with van der Waals surface area (Å²) < 4.78 is 10.3. The zero-order valence-electron chi connectivity index (χ0n) is 12.2. The molecule has 21 heavy (non-hydrogen) atoms. The van der Waals surface area contributed by atoms with Crippen molar-refractivity contribution in [1.82, 2.24) is 10.2 Å². The summed E-state index contributed by atoms with van der Waals surface area (Å²) in [6.45, 7) is 5.77.